The van der Waals surface area contributed by atoms with Crippen LogP contribution in [0.4, 0.5) is 0 Å². The number of ketones is 2. The van der Waals surface area contributed by atoms with Crippen LogP contribution in [-0.2, 0) is 9.59 Å². The van der Waals surface area contributed by atoms with Gasteiger partial charge in [-0.2, -0.15) is 0 Å². The molecular formula is C20H37N3O3. The average Bonchev–Trinajstić information content (AvgIpc) is 2.67. The lowest BCUT2D eigenvalue weighted by Crippen LogP contribution is -2.24. The van der Waals surface area contributed by atoms with Gasteiger partial charge in [0.25, 0.3) is 5.91 Å². The van der Waals surface area contributed by atoms with Crippen LogP contribution < -0.4 is 11.1 Å². The van der Waals surface area contributed by atoms with Gasteiger partial charge < -0.3 is 20.6 Å². The molecule has 150 valence electrons. The van der Waals surface area contributed by atoms with E-state index in [1.54, 1.807) is 32.2 Å². The third kappa shape index (κ3) is 21.9. The van der Waals surface area contributed by atoms with E-state index in [0.717, 1.165) is 6.42 Å². The van der Waals surface area contributed by atoms with Crippen molar-refractivity contribution in [1.29, 1.82) is 0 Å². The maximum atomic E-state index is 11.5. The SMILES string of the molecule is CC.CC.CC(=O)CCCN.CC(=O)CCCNC(=O)c1cccnc1. The molecule has 0 radical (unpaired) electrons. The first kappa shape index (κ1) is 28.7. The molecule has 6 nitrogen and oxygen atoms in total. The van der Waals surface area contributed by atoms with Crippen LogP contribution in [0.1, 0.15) is 77.6 Å². The van der Waals surface area contributed by atoms with Crippen LogP contribution in [0.3, 0.4) is 0 Å². The van der Waals surface area contributed by atoms with Gasteiger partial charge in [0, 0.05) is 31.8 Å². The van der Waals surface area contributed by atoms with Crippen LogP contribution in [0.2, 0.25) is 0 Å². The highest BCUT2D eigenvalue weighted by Gasteiger charge is 2.03. The summed E-state index contributed by atoms with van der Waals surface area (Å²) in [5.74, 6) is 0.225. The second kappa shape index (κ2) is 22.9. The Morgan fingerprint density at radius 2 is 1.54 bits per heavy atom. The van der Waals surface area contributed by atoms with Gasteiger partial charge >= 0.3 is 0 Å². The van der Waals surface area contributed by atoms with E-state index in [1.807, 2.05) is 27.7 Å². The number of amides is 1. The van der Waals surface area contributed by atoms with Crippen LogP contribution >= 0.6 is 0 Å². The topological polar surface area (TPSA) is 102 Å². The second-order valence-electron chi connectivity index (χ2n) is 4.90. The molecule has 0 saturated carbocycles. The van der Waals surface area contributed by atoms with Crippen molar-refractivity contribution in [2.24, 2.45) is 5.73 Å². The fraction of sp³-hybridized carbons (Fsp3) is 0.600. The normalized spacial score (nSPS) is 8.42. The lowest BCUT2D eigenvalue weighted by Gasteiger charge is -2.03. The molecule has 0 aliphatic rings. The zero-order valence-corrected chi connectivity index (χ0v) is 17.3. The number of carbonyl (C=O) groups is 3. The average molecular weight is 368 g/mol. The summed E-state index contributed by atoms with van der Waals surface area (Å²) >= 11 is 0. The predicted octanol–water partition coefficient (Wildman–Crippen LogP) is 3.55. The smallest absolute Gasteiger partial charge is 0.252 e. The second-order valence-corrected chi connectivity index (χ2v) is 4.90. The van der Waals surface area contributed by atoms with E-state index in [-0.39, 0.29) is 17.5 Å². The molecule has 1 amide bonds. The maximum absolute atomic E-state index is 11.5. The van der Waals surface area contributed by atoms with Gasteiger partial charge in [-0.25, -0.2) is 0 Å². The fourth-order valence-corrected chi connectivity index (χ4v) is 1.49. The Bertz CT molecular complexity index is 463. The summed E-state index contributed by atoms with van der Waals surface area (Å²) in [6, 6.07) is 3.41. The molecule has 6 heteroatoms. The molecule has 1 rings (SSSR count). The molecule has 0 aromatic carbocycles. The summed E-state index contributed by atoms with van der Waals surface area (Å²) < 4.78 is 0. The quantitative estimate of drug-likeness (QED) is 0.684. The summed E-state index contributed by atoms with van der Waals surface area (Å²) in [6.07, 6.45) is 5.79. The number of nitrogens with one attached hydrogen (secondary N) is 1. The molecule has 1 aromatic rings. The molecule has 3 N–H and O–H groups in total. The molecule has 0 saturated heterocycles. The van der Waals surface area contributed by atoms with Gasteiger partial charge in [-0.3, -0.25) is 9.78 Å². The fourth-order valence-electron chi connectivity index (χ4n) is 1.49. The highest BCUT2D eigenvalue weighted by molar-refractivity contribution is 5.93. The summed E-state index contributed by atoms with van der Waals surface area (Å²) in [5, 5.41) is 2.72. The monoisotopic (exact) mass is 367 g/mol. The highest BCUT2D eigenvalue weighted by atomic mass is 16.1. The number of Topliss-reactive ketones (excluding diaryl/α,β-unsaturated/α-hetero) is 2. The lowest BCUT2D eigenvalue weighted by atomic mass is 10.2. The minimum atomic E-state index is -0.147. The number of rotatable bonds is 8. The molecule has 0 aliphatic carbocycles. The van der Waals surface area contributed by atoms with E-state index < -0.39 is 0 Å². The number of aromatic nitrogens is 1. The van der Waals surface area contributed by atoms with Crippen molar-refractivity contribution >= 4 is 17.5 Å². The van der Waals surface area contributed by atoms with Gasteiger partial charge in [0.15, 0.2) is 0 Å². The van der Waals surface area contributed by atoms with Gasteiger partial charge in [-0.15, -0.1) is 0 Å². The molecule has 0 bridgehead atoms. The lowest BCUT2D eigenvalue weighted by molar-refractivity contribution is -0.117. The van der Waals surface area contributed by atoms with Gasteiger partial charge in [0.05, 0.1) is 5.56 Å². The molecular weight excluding hydrogens is 330 g/mol. The Morgan fingerprint density at radius 3 is 1.92 bits per heavy atom. The Morgan fingerprint density at radius 1 is 1.00 bits per heavy atom. The number of hydrogen-bond acceptors (Lipinski definition) is 5. The Kier molecular flexibility index (Phi) is 25.3. The predicted molar refractivity (Wildman–Crippen MR) is 108 cm³/mol. The number of hydrogen-bond donors (Lipinski definition) is 2. The molecule has 0 spiro atoms. The van der Waals surface area contributed by atoms with E-state index in [2.05, 4.69) is 10.3 Å². The zero-order chi connectivity index (χ0) is 20.8. The third-order valence-electron chi connectivity index (χ3n) is 2.65. The standard InChI is InChI=1S/C11H14N2O2.C5H11NO.2C2H6/c1-9(14)4-2-7-13-11(15)10-5-3-6-12-8-10;1-5(7)3-2-4-6;2*1-2/h3,5-6,8H,2,4,7H2,1H3,(H,13,15);2-4,6H2,1H3;2*1-2H3. The highest BCUT2D eigenvalue weighted by Crippen LogP contribution is 1.95. The van der Waals surface area contributed by atoms with Crippen molar-refractivity contribution in [2.45, 2.75) is 67.2 Å². The Balaban J connectivity index is -0.000000405. The molecule has 1 aromatic heterocycles. The van der Waals surface area contributed by atoms with Crippen LogP contribution in [0, 0.1) is 0 Å². The summed E-state index contributed by atoms with van der Waals surface area (Å²) in [7, 11) is 0. The van der Waals surface area contributed by atoms with E-state index in [1.165, 1.54) is 6.20 Å². The molecule has 1 heterocycles. The Labute approximate surface area is 159 Å². The number of nitrogens with two attached hydrogens (primary N) is 1. The van der Waals surface area contributed by atoms with Crippen molar-refractivity contribution in [2.75, 3.05) is 13.1 Å². The third-order valence-corrected chi connectivity index (χ3v) is 2.65. The molecule has 0 fully saturated rings. The van der Waals surface area contributed by atoms with Crippen molar-refractivity contribution in [1.82, 2.24) is 10.3 Å². The first-order valence-electron chi connectivity index (χ1n) is 9.34. The van der Waals surface area contributed by atoms with Gasteiger partial charge in [-0.1, -0.05) is 27.7 Å². The van der Waals surface area contributed by atoms with Crippen molar-refractivity contribution < 1.29 is 14.4 Å². The number of nitrogens with zero attached hydrogens (tertiary/aromatic N) is 1. The van der Waals surface area contributed by atoms with E-state index in [9.17, 15) is 14.4 Å². The van der Waals surface area contributed by atoms with Crippen molar-refractivity contribution in [3.05, 3.63) is 30.1 Å². The van der Waals surface area contributed by atoms with E-state index >= 15 is 0 Å². The largest absolute Gasteiger partial charge is 0.352 e. The number of carbonyl (C=O) groups excluding carboxylic acids is 3. The number of pyridine rings is 1. The van der Waals surface area contributed by atoms with Crippen molar-refractivity contribution in [3.63, 3.8) is 0 Å². The van der Waals surface area contributed by atoms with Gasteiger partial charge in [-0.05, 0) is 45.4 Å². The van der Waals surface area contributed by atoms with Crippen LogP contribution in [0.15, 0.2) is 24.5 Å². The van der Waals surface area contributed by atoms with Crippen LogP contribution in [0.25, 0.3) is 0 Å². The molecule has 0 aliphatic heterocycles. The summed E-state index contributed by atoms with van der Waals surface area (Å²) in [5.41, 5.74) is 5.67. The minimum Gasteiger partial charge on any atom is -0.352 e. The molecule has 0 unspecified atom stereocenters. The van der Waals surface area contributed by atoms with Gasteiger partial charge in [0.2, 0.25) is 0 Å². The minimum absolute atomic E-state index is 0.144. The summed E-state index contributed by atoms with van der Waals surface area (Å²) in [4.78, 5) is 36.1. The molecule has 0 atom stereocenters. The molecule has 26 heavy (non-hydrogen) atoms. The van der Waals surface area contributed by atoms with Crippen LogP contribution in [-0.4, -0.2) is 35.5 Å². The van der Waals surface area contributed by atoms with E-state index in [4.69, 9.17) is 5.73 Å². The Hall–Kier alpha value is -2.08. The van der Waals surface area contributed by atoms with E-state index in [0.29, 0.717) is 37.9 Å². The maximum Gasteiger partial charge on any atom is 0.252 e. The van der Waals surface area contributed by atoms with Gasteiger partial charge in [0.1, 0.15) is 11.6 Å². The van der Waals surface area contributed by atoms with Crippen molar-refractivity contribution in [3.8, 4) is 0 Å². The zero-order valence-electron chi connectivity index (χ0n) is 17.3. The summed E-state index contributed by atoms with van der Waals surface area (Å²) in [6.45, 7) is 12.3. The van der Waals surface area contributed by atoms with Crippen LogP contribution in [0.5, 0.6) is 0 Å². The first-order chi connectivity index (χ1) is 12.5. The first-order valence-corrected chi connectivity index (χ1v) is 9.34.